The van der Waals surface area contributed by atoms with Gasteiger partial charge in [-0.05, 0) is 25.3 Å². The molecule has 0 bridgehead atoms. The van der Waals surface area contributed by atoms with Gasteiger partial charge in [0.05, 0.1) is 6.61 Å². The van der Waals surface area contributed by atoms with E-state index >= 15 is 0 Å². The van der Waals surface area contributed by atoms with E-state index in [9.17, 15) is 8.42 Å². The molecule has 19 heavy (non-hydrogen) atoms. The van der Waals surface area contributed by atoms with Crippen LogP contribution in [0.25, 0.3) is 0 Å². The van der Waals surface area contributed by atoms with Crippen molar-refractivity contribution in [3.05, 3.63) is 18.0 Å². The monoisotopic (exact) mass is 286 g/mol. The Morgan fingerprint density at radius 2 is 2.16 bits per heavy atom. The highest BCUT2D eigenvalue weighted by Crippen LogP contribution is 2.32. The van der Waals surface area contributed by atoms with E-state index in [0.29, 0.717) is 17.1 Å². The SMILES string of the molecule is CCCCN(C1CC1)S(=O)(=O)c1cc(CO)n(C)c1. The maximum absolute atomic E-state index is 12.6. The lowest BCUT2D eigenvalue weighted by atomic mass is 10.3. The molecule has 1 fully saturated rings. The van der Waals surface area contributed by atoms with Gasteiger partial charge >= 0.3 is 0 Å². The standard InChI is InChI=1S/C13H22N2O3S/c1-3-4-7-15(11-5-6-11)19(17,18)13-8-12(10-16)14(2)9-13/h8-9,11,16H,3-7,10H2,1-2H3. The lowest BCUT2D eigenvalue weighted by molar-refractivity contribution is 0.272. The van der Waals surface area contributed by atoms with Gasteiger partial charge in [0.15, 0.2) is 0 Å². The van der Waals surface area contributed by atoms with Crippen molar-refractivity contribution >= 4 is 10.0 Å². The number of aromatic nitrogens is 1. The first-order valence-corrected chi connectivity index (χ1v) is 8.22. The van der Waals surface area contributed by atoms with Crippen LogP contribution in [0.1, 0.15) is 38.3 Å². The molecule has 5 nitrogen and oxygen atoms in total. The van der Waals surface area contributed by atoms with Crippen LogP contribution in [0.15, 0.2) is 17.2 Å². The van der Waals surface area contributed by atoms with Gasteiger partial charge in [0.1, 0.15) is 4.90 Å². The first kappa shape index (κ1) is 14.6. The van der Waals surface area contributed by atoms with E-state index in [0.717, 1.165) is 25.7 Å². The van der Waals surface area contributed by atoms with E-state index in [1.807, 2.05) is 0 Å². The Morgan fingerprint density at radius 1 is 1.47 bits per heavy atom. The van der Waals surface area contributed by atoms with Gasteiger partial charge in [-0.25, -0.2) is 8.42 Å². The minimum absolute atomic E-state index is 0.148. The van der Waals surface area contributed by atoms with Crippen LogP contribution < -0.4 is 0 Å². The Hall–Kier alpha value is -0.850. The molecule has 0 amide bonds. The van der Waals surface area contributed by atoms with Gasteiger partial charge in [-0.2, -0.15) is 4.31 Å². The molecule has 0 spiro atoms. The number of nitrogens with zero attached hydrogens (tertiary/aromatic N) is 2. The average Bonchev–Trinajstić information content (AvgIpc) is 3.11. The van der Waals surface area contributed by atoms with Crippen molar-refractivity contribution in [1.82, 2.24) is 8.87 Å². The highest BCUT2D eigenvalue weighted by atomic mass is 32.2. The third kappa shape index (κ3) is 3.01. The Morgan fingerprint density at radius 3 is 2.63 bits per heavy atom. The number of aryl methyl sites for hydroxylation is 1. The number of hydrogen-bond acceptors (Lipinski definition) is 3. The highest BCUT2D eigenvalue weighted by Gasteiger charge is 2.38. The molecule has 0 aliphatic heterocycles. The molecular weight excluding hydrogens is 264 g/mol. The second-order valence-electron chi connectivity index (χ2n) is 5.14. The molecule has 108 valence electrons. The smallest absolute Gasteiger partial charge is 0.244 e. The summed E-state index contributed by atoms with van der Waals surface area (Å²) in [6, 6.07) is 1.74. The molecule has 1 aliphatic rings. The fourth-order valence-corrected chi connectivity index (χ4v) is 4.01. The third-order valence-electron chi connectivity index (χ3n) is 3.54. The summed E-state index contributed by atoms with van der Waals surface area (Å²) in [4.78, 5) is 0.294. The largest absolute Gasteiger partial charge is 0.390 e. The average molecular weight is 286 g/mol. The van der Waals surface area contributed by atoms with Crippen LogP contribution in [0.3, 0.4) is 0 Å². The molecule has 1 saturated carbocycles. The molecule has 0 radical (unpaired) electrons. The molecule has 0 saturated heterocycles. The number of aliphatic hydroxyl groups is 1. The number of sulfonamides is 1. The van der Waals surface area contributed by atoms with Gasteiger partial charge in [0.2, 0.25) is 10.0 Å². The van der Waals surface area contributed by atoms with Crippen LogP contribution in [0.4, 0.5) is 0 Å². The van der Waals surface area contributed by atoms with Gasteiger partial charge in [-0.15, -0.1) is 0 Å². The van der Waals surface area contributed by atoms with Gasteiger partial charge in [-0.3, -0.25) is 0 Å². The number of rotatable bonds is 7. The Bertz CT molecular complexity index is 532. The van der Waals surface area contributed by atoms with Crippen molar-refractivity contribution in [3.8, 4) is 0 Å². The fraction of sp³-hybridized carbons (Fsp3) is 0.692. The summed E-state index contributed by atoms with van der Waals surface area (Å²) in [5, 5.41) is 9.17. The summed E-state index contributed by atoms with van der Waals surface area (Å²) in [5.41, 5.74) is 0.616. The van der Waals surface area contributed by atoms with Crippen molar-refractivity contribution in [3.63, 3.8) is 0 Å². The minimum Gasteiger partial charge on any atom is -0.390 e. The third-order valence-corrected chi connectivity index (χ3v) is 5.45. The number of aliphatic hydroxyl groups excluding tert-OH is 1. The van der Waals surface area contributed by atoms with E-state index in [4.69, 9.17) is 5.11 Å². The molecule has 6 heteroatoms. The molecule has 1 aromatic heterocycles. The van der Waals surface area contributed by atoms with E-state index < -0.39 is 10.0 Å². The highest BCUT2D eigenvalue weighted by molar-refractivity contribution is 7.89. The molecule has 1 aromatic rings. The Balaban J connectivity index is 2.27. The molecule has 1 aliphatic carbocycles. The molecule has 1 N–H and O–H groups in total. The zero-order valence-corrected chi connectivity index (χ0v) is 12.4. The Kier molecular flexibility index (Phi) is 4.32. The first-order chi connectivity index (χ1) is 9.00. The fourth-order valence-electron chi connectivity index (χ4n) is 2.19. The van der Waals surface area contributed by atoms with Crippen molar-refractivity contribution in [2.24, 2.45) is 7.05 Å². The van der Waals surface area contributed by atoms with E-state index in [1.165, 1.54) is 0 Å². The molecule has 0 aromatic carbocycles. The second kappa shape index (κ2) is 5.64. The van der Waals surface area contributed by atoms with Crippen LogP contribution in [0, 0.1) is 0 Å². The van der Waals surface area contributed by atoms with Crippen LogP contribution in [-0.2, 0) is 23.7 Å². The maximum atomic E-state index is 12.6. The van der Waals surface area contributed by atoms with Gasteiger partial charge < -0.3 is 9.67 Å². The summed E-state index contributed by atoms with van der Waals surface area (Å²) in [7, 11) is -1.67. The minimum atomic E-state index is -3.42. The van der Waals surface area contributed by atoms with Crippen LogP contribution in [0.2, 0.25) is 0 Å². The predicted octanol–water partition coefficient (Wildman–Crippen LogP) is 1.47. The summed E-state index contributed by atoms with van der Waals surface area (Å²) in [6.45, 7) is 2.50. The molecule has 0 atom stereocenters. The number of unbranched alkanes of at least 4 members (excludes halogenated alkanes) is 1. The lowest BCUT2D eigenvalue weighted by Gasteiger charge is -2.20. The van der Waals surface area contributed by atoms with Gasteiger partial charge in [0, 0.05) is 31.5 Å². The zero-order chi connectivity index (χ0) is 14.0. The van der Waals surface area contributed by atoms with E-state index in [2.05, 4.69) is 6.92 Å². The maximum Gasteiger partial charge on any atom is 0.244 e. The quantitative estimate of drug-likeness (QED) is 0.825. The molecular formula is C13H22N2O3S. The van der Waals surface area contributed by atoms with E-state index in [1.54, 1.807) is 28.2 Å². The number of hydrogen-bond donors (Lipinski definition) is 1. The lowest BCUT2D eigenvalue weighted by Crippen LogP contribution is -2.33. The first-order valence-electron chi connectivity index (χ1n) is 6.78. The van der Waals surface area contributed by atoms with Crippen LogP contribution >= 0.6 is 0 Å². The molecule has 2 rings (SSSR count). The van der Waals surface area contributed by atoms with Crippen molar-refractivity contribution < 1.29 is 13.5 Å². The topological polar surface area (TPSA) is 62.5 Å². The summed E-state index contributed by atoms with van der Waals surface area (Å²) >= 11 is 0. The Labute approximate surface area is 114 Å². The zero-order valence-electron chi connectivity index (χ0n) is 11.5. The summed E-state index contributed by atoms with van der Waals surface area (Å²) in [5.74, 6) is 0. The summed E-state index contributed by atoms with van der Waals surface area (Å²) in [6.07, 6.45) is 5.37. The van der Waals surface area contributed by atoms with Gasteiger partial charge in [0.25, 0.3) is 0 Å². The van der Waals surface area contributed by atoms with Crippen molar-refractivity contribution in [2.45, 2.75) is 50.2 Å². The molecule has 0 unspecified atom stereocenters. The van der Waals surface area contributed by atoms with Crippen LogP contribution in [0.5, 0.6) is 0 Å². The van der Waals surface area contributed by atoms with Gasteiger partial charge in [-0.1, -0.05) is 13.3 Å². The second-order valence-corrected chi connectivity index (χ2v) is 7.03. The van der Waals surface area contributed by atoms with Crippen molar-refractivity contribution in [1.29, 1.82) is 0 Å². The molecule has 1 heterocycles. The van der Waals surface area contributed by atoms with Crippen molar-refractivity contribution in [2.75, 3.05) is 6.54 Å². The normalized spacial score (nSPS) is 16.2. The summed E-state index contributed by atoms with van der Waals surface area (Å²) < 4.78 is 28.6. The predicted molar refractivity (Wildman–Crippen MR) is 73.2 cm³/mol. The van der Waals surface area contributed by atoms with E-state index in [-0.39, 0.29) is 12.6 Å². The van der Waals surface area contributed by atoms with Crippen LogP contribution in [-0.4, -0.2) is 35.0 Å².